The van der Waals surface area contributed by atoms with Gasteiger partial charge in [0, 0.05) is 25.3 Å². The lowest BCUT2D eigenvalue weighted by Crippen LogP contribution is -2.31. The van der Waals surface area contributed by atoms with Crippen LogP contribution in [-0.4, -0.2) is 27.2 Å². The van der Waals surface area contributed by atoms with Crippen LogP contribution in [0.3, 0.4) is 0 Å². The molecule has 36 heavy (non-hydrogen) atoms. The minimum absolute atomic E-state index is 0.257. The zero-order chi connectivity index (χ0) is 25.0. The maximum absolute atomic E-state index is 13.2. The molecule has 3 aromatic rings. The Labute approximate surface area is 212 Å². The second-order valence-electron chi connectivity index (χ2n) is 9.29. The van der Waals surface area contributed by atoms with Gasteiger partial charge in [0.1, 0.15) is 12.2 Å². The van der Waals surface area contributed by atoms with E-state index in [4.69, 9.17) is 0 Å². The molecule has 0 radical (unpaired) electrons. The number of aliphatic imine (C=N–C) groups is 1. The molecule has 5 rings (SSSR count). The molecule has 2 aliphatic rings. The zero-order valence-electron chi connectivity index (χ0n) is 20.4. The second kappa shape index (κ2) is 10.8. The summed E-state index contributed by atoms with van der Waals surface area (Å²) in [6, 6.07) is 23.4. The molecule has 0 aliphatic carbocycles. The van der Waals surface area contributed by atoms with Crippen molar-refractivity contribution < 1.29 is 8.42 Å². The van der Waals surface area contributed by atoms with Crippen LogP contribution in [0.2, 0.25) is 0 Å². The van der Waals surface area contributed by atoms with Crippen molar-refractivity contribution in [2.24, 2.45) is 15.2 Å². The summed E-state index contributed by atoms with van der Waals surface area (Å²) in [5.74, 6) is 0. The number of aryl methyl sites for hydroxylation is 1. The van der Waals surface area contributed by atoms with Crippen LogP contribution in [0.25, 0.3) is 0 Å². The first kappa shape index (κ1) is 24.5. The molecule has 0 fully saturated rings. The maximum Gasteiger partial charge on any atom is 0.241 e. The third-order valence-corrected chi connectivity index (χ3v) is 8.26. The Morgan fingerprint density at radius 3 is 2.44 bits per heavy atom. The van der Waals surface area contributed by atoms with Crippen LogP contribution < -0.4 is 10.0 Å². The minimum atomic E-state index is -3.69. The molecular weight excluding hydrogens is 470 g/mol. The van der Waals surface area contributed by atoms with Gasteiger partial charge in [-0.25, -0.2) is 13.1 Å². The molecule has 2 unspecified atom stereocenters. The first-order chi connectivity index (χ1) is 17.5. The van der Waals surface area contributed by atoms with Gasteiger partial charge in [-0.3, -0.25) is 10.3 Å². The third kappa shape index (κ3) is 5.46. The highest BCUT2D eigenvalue weighted by Crippen LogP contribution is 2.38. The van der Waals surface area contributed by atoms with Crippen LogP contribution in [0.1, 0.15) is 59.3 Å². The largest absolute Gasteiger partial charge is 0.293 e. The number of nitrogens with one attached hydrogen (secondary N) is 2. The molecule has 0 bridgehead atoms. The molecule has 0 aromatic heterocycles. The summed E-state index contributed by atoms with van der Waals surface area (Å²) >= 11 is 0. The molecule has 0 spiro atoms. The minimum Gasteiger partial charge on any atom is -0.293 e. The van der Waals surface area contributed by atoms with Crippen molar-refractivity contribution in [3.63, 3.8) is 0 Å². The SMILES string of the molecule is Cc1ccc(C2N=NC(NCc3ccccc3)c3ccccc32)cc1S(=O)(=O)NCC1=NCCCC1. The van der Waals surface area contributed by atoms with Gasteiger partial charge in [0.05, 0.1) is 4.90 Å². The lowest BCUT2D eigenvalue weighted by Gasteiger charge is -2.26. The van der Waals surface area contributed by atoms with Crippen molar-refractivity contribution in [2.45, 2.75) is 49.8 Å². The van der Waals surface area contributed by atoms with Gasteiger partial charge in [-0.05, 0) is 60.1 Å². The molecule has 7 nitrogen and oxygen atoms in total. The summed E-state index contributed by atoms with van der Waals surface area (Å²) < 4.78 is 29.2. The van der Waals surface area contributed by atoms with Gasteiger partial charge in [0.25, 0.3) is 0 Å². The van der Waals surface area contributed by atoms with Crippen LogP contribution >= 0.6 is 0 Å². The van der Waals surface area contributed by atoms with Gasteiger partial charge in [-0.2, -0.15) is 10.2 Å². The summed E-state index contributed by atoms with van der Waals surface area (Å²) in [7, 11) is -3.69. The average molecular weight is 502 g/mol. The van der Waals surface area contributed by atoms with Crippen molar-refractivity contribution in [1.82, 2.24) is 10.0 Å². The molecule has 2 heterocycles. The first-order valence-corrected chi connectivity index (χ1v) is 13.9. The summed E-state index contributed by atoms with van der Waals surface area (Å²) in [4.78, 5) is 4.73. The molecule has 0 amide bonds. The summed E-state index contributed by atoms with van der Waals surface area (Å²) in [6.45, 7) is 3.52. The number of hydrogen-bond acceptors (Lipinski definition) is 6. The third-order valence-electron chi connectivity index (χ3n) is 6.72. The van der Waals surface area contributed by atoms with Crippen LogP contribution in [-0.2, 0) is 16.6 Å². The Morgan fingerprint density at radius 1 is 0.889 bits per heavy atom. The number of hydrogen-bond donors (Lipinski definition) is 2. The summed E-state index contributed by atoms with van der Waals surface area (Å²) in [5, 5.41) is 12.7. The van der Waals surface area contributed by atoms with E-state index in [0.717, 1.165) is 48.2 Å². The number of nitrogens with zero attached hydrogens (tertiary/aromatic N) is 3. The molecular formula is C28H31N5O2S. The molecule has 0 saturated heterocycles. The smallest absolute Gasteiger partial charge is 0.241 e. The number of azo groups is 1. The van der Waals surface area contributed by atoms with E-state index in [9.17, 15) is 8.42 Å². The van der Waals surface area contributed by atoms with Gasteiger partial charge in [0.15, 0.2) is 0 Å². The Hall–Kier alpha value is -3.20. The summed E-state index contributed by atoms with van der Waals surface area (Å²) in [6.07, 6.45) is 2.71. The van der Waals surface area contributed by atoms with E-state index in [1.165, 1.54) is 5.56 Å². The Bertz CT molecular complexity index is 1390. The maximum atomic E-state index is 13.2. The van der Waals surface area contributed by atoms with Crippen LogP contribution in [0.15, 0.2) is 92.9 Å². The van der Waals surface area contributed by atoms with Gasteiger partial charge < -0.3 is 0 Å². The van der Waals surface area contributed by atoms with Gasteiger partial charge >= 0.3 is 0 Å². The Kier molecular flexibility index (Phi) is 7.36. The molecule has 3 aromatic carbocycles. The van der Waals surface area contributed by atoms with Crippen LogP contribution in [0.5, 0.6) is 0 Å². The first-order valence-electron chi connectivity index (χ1n) is 12.4. The van der Waals surface area contributed by atoms with E-state index in [-0.39, 0.29) is 23.6 Å². The van der Waals surface area contributed by atoms with E-state index >= 15 is 0 Å². The molecule has 0 saturated carbocycles. The van der Waals surface area contributed by atoms with Crippen molar-refractivity contribution in [3.8, 4) is 0 Å². The lowest BCUT2D eigenvalue weighted by atomic mass is 9.92. The highest BCUT2D eigenvalue weighted by molar-refractivity contribution is 7.89. The lowest BCUT2D eigenvalue weighted by molar-refractivity contribution is 0.489. The molecule has 186 valence electrons. The fourth-order valence-corrected chi connectivity index (χ4v) is 6.00. The highest BCUT2D eigenvalue weighted by atomic mass is 32.2. The van der Waals surface area contributed by atoms with Crippen molar-refractivity contribution in [3.05, 3.63) is 101 Å². The average Bonchev–Trinajstić information content (AvgIpc) is 2.92. The van der Waals surface area contributed by atoms with Crippen molar-refractivity contribution in [2.75, 3.05) is 13.1 Å². The van der Waals surface area contributed by atoms with E-state index in [0.29, 0.717) is 12.1 Å². The van der Waals surface area contributed by atoms with Crippen molar-refractivity contribution in [1.29, 1.82) is 0 Å². The monoisotopic (exact) mass is 501 g/mol. The van der Waals surface area contributed by atoms with E-state index in [1.807, 2.05) is 55.5 Å². The molecule has 2 atom stereocenters. The van der Waals surface area contributed by atoms with Crippen molar-refractivity contribution >= 4 is 15.7 Å². The van der Waals surface area contributed by atoms with Gasteiger partial charge in [-0.15, -0.1) is 0 Å². The normalized spacial score (nSPS) is 19.5. The van der Waals surface area contributed by atoms with Gasteiger partial charge in [-0.1, -0.05) is 66.7 Å². The Balaban J connectivity index is 1.39. The fourth-order valence-electron chi connectivity index (χ4n) is 4.71. The zero-order valence-corrected chi connectivity index (χ0v) is 21.2. The quantitative estimate of drug-likeness (QED) is 0.442. The topological polar surface area (TPSA) is 95.3 Å². The number of fused-ring (bicyclic) bond motifs is 1. The van der Waals surface area contributed by atoms with E-state index < -0.39 is 10.0 Å². The highest BCUT2D eigenvalue weighted by Gasteiger charge is 2.28. The Morgan fingerprint density at radius 2 is 1.67 bits per heavy atom. The predicted octanol–water partition coefficient (Wildman–Crippen LogP) is 5.24. The predicted molar refractivity (Wildman–Crippen MR) is 142 cm³/mol. The van der Waals surface area contributed by atoms with Crippen LogP contribution in [0, 0.1) is 6.92 Å². The van der Waals surface area contributed by atoms with E-state index in [1.54, 1.807) is 6.07 Å². The molecule has 8 heteroatoms. The molecule has 2 N–H and O–H groups in total. The molecule has 2 aliphatic heterocycles. The second-order valence-corrected chi connectivity index (χ2v) is 11.0. The van der Waals surface area contributed by atoms with E-state index in [2.05, 4.69) is 43.5 Å². The van der Waals surface area contributed by atoms with Crippen LogP contribution in [0.4, 0.5) is 0 Å². The fraction of sp³-hybridized carbons (Fsp3) is 0.321. The number of rotatable bonds is 8. The summed E-state index contributed by atoms with van der Waals surface area (Å²) in [5.41, 5.74) is 5.66. The number of benzene rings is 3. The standard InChI is InChI=1S/C28H31N5O2S/c1-20-14-15-22(17-26(20)36(34,35)31-19-23-11-7-8-16-29-23)27-24-12-5-6-13-25(24)28(33-32-27)30-18-21-9-3-2-4-10-21/h2-6,9-10,12-15,17,27-28,30-31H,7-8,11,16,18-19H2,1H3. The van der Waals surface area contributed by atoms with Gasteiger partial charge in [0.2, 0.25) is 10.0 Å². The number of sulfonamides is 1.